The number of rotatable bonds is 20. The molecule has 0 radical (unpaired) electrons. The largest absolute Gasteiger partial charge is 0.508 e. The van der Waals surface area contributed by atoms with Gasteiger partial charge in [0.05, 0.1) is 17.6 Å². The number of aliphatic hydroxyl groups excluding tert-OH is 2. The number of aryl methyl sites for hydroxylation is 1. The number of aromatic hydroxyl groups is 1. The number of unbranched alkanes of at least 4 members (excludes halogenated alkanes) is 4. The number of hydrogen-bond acceptors (Lipinski definition) is 8. The molecule has 1 atom stereocenters. The SMILES string of the molecule is NS(=O)(=O)c1cccc(CCCOCCCCCCCNC[C@H](O)c2ccc(O)c(CO)c2)c1.O=C(O)C=Cc1ccc(-c2ccccc2)cc1. The average Bonchev–Trinajstić information content (AvgIpc) is 3.13. The number of phenols is 1. The fourth-order valence-electron chi connectivity index (χ4n) is 5.22. The first-order chi connectivity index (χ1) is 24.6. The van der Waals surface area contributed by atoms with Crippen molar-refractivity contribution in [1.82, 2.24) is 5.32 Å². The van der Waals surface area contributed by atoms with Gasteiger partial charge in [-0.25, -0.2) is 18.4 Å². The van der Waals surface area contributed by atoms with Crippen LogP contribution in [0.25, 0.3) is 17.2 Å². The van der Waals surface area contributed by atoms with Crippen LogP contribution in [0.4, 0.5) is 0 Å². The number of sulfonamides is 1. The van der Waals surface area contributed by atoms with Gasteiger partial charge >= 0.3 is 5.97 Å². The van der Waals surface area contributed by atoms with E-state index in [1.54, 1.807) is 30.3 Å². The van der Waals surface area contributed by atoms with Crippen molar-refractivity contribution in [2.75, 3.05) is 26.3 Å². The van der Waals surface area contributed by atoms with E-state index >= 15 is 0 Å². The van der Waals surface area contributed by atoms with Crippen molar-refractivity contribution in [1.29, 1.82) is 0 Å². The number of carboxylic acids is 1. The highest BCUT2D eigenvalue weighted by molar-refractivity contribution is 7.89. The molecule has 274 valence electrons. The Morgan fingerprint density at radius 3 is 2.22 bits per heavy atom. The minimum Gasteiger partial charge on any atom is -0.508 e. The number of nitrogens with two attached hydrogens (primary N) is 1. The maximum atomic E-state index is 11.4. The molecule has 10 nitrogen and oxygen atoms in total. The van der Waals surface area contributed by atoms with E-state index < -0.39 is 22.1 Å². The predicted octanol–water partition coefficient (Wildman–Crippen LogP) is 6.21. The predicted molar refractivity (Wildman–Crippen MR) is 200 cm³/mol. The van der Waals surface area contributed by atoms with Crippen molar-refractivity contribution in [2.24, 2.45) is 5.14 Å². The van der Waals surface area contributed by atoms with Crippen LogP contribution in [-0.2, 0) is 32.6 Å². The Balaban J connectivity index is 0.000000343. The molecule has 0 fully saturated rings. The number of nitrogens with one attached hydrogen (secondary N) is 1. The molecule has 0 bridgehead atoms. The van der Waals surface area contributed by atoms with E-state index in [9.17, 15) is 28.5 Å². The lowest BCUT2D eigenvalue weighted by molar-refractivity contribution is -0.131. The van der Waals surface area contributed by atoms with Gasteiger partial charge in [0.15, 0.2) is 0 Å². The zero-order chi connectivity index (χ0) is 36.9. The molecule has 4 aromatic carbocycles. The Morgan fingerprint density at radius 2 is 1.51 bits per heavy atom. The van der Waals surface area contributed by atoms with Crippen LogP contribution in [0.15, 0.2) is 108 Å². The molecule has 0 heterocycles. The highest BCUT2D eigenvalue weighted by Gasteiger charge is 2.10. The lowest BCUT2D eigenvalue weighted by Crippen LogP contribution is -2.22. The molecular formula is C40H50N2O8S. The molecule has 0 spiro atoms. The van der Waals surface area contributed by atoms with E-state index in [0.717, 1.165) is 86.4 Å². The van der Waals surface area contributed by atoms with Crippen molar-refractivity contribution in [3.05, 3.63) is 125 Å². The van der Waals surface area contributed by atoms with Gasteiger partial charge in [0.1, 0.15) is 5.75 Å². The quantitative estimate of drug-likeness (QED) is 0.0458. The smallest absolute Gasteiger partial charge is 0.328 e. The Labute approximate surface area is 301 Å². The Kier molecular flexibility index (Phi) is 18.1. The van der Waals surface area contributed by atoms with Crippen LogP contribution in [0, 0.1) is 0 Å². The van der Waals surface area contributed by atoms with E-state index in [1.165, 1.54) is 12.1 Å². The van der Waals surface area contributed by atoms with Crippen molar-refractivity contribution in [2.45, 2.75) is 62.6 Å². The van der Waals surface area contributed by atoms with Crippen LogP contribution in [0.1, 0.15) is 66.9 Å². The van der Waals surface area contributed by atoms with Crippen LogP contribution in [0.3, 0.4) is 0 Å². The number of benzene rings is 4. The number of carboxylic acid groups (broad SMARTS) is 1. The summed E-state index contributed by atoms with van der Waals surface area (Å²) in [6, 6.07) is 29.3. The van der Waals surface area contributed by atoms with Crippen LogP contribution >= 0.6 is 0 Å². The third-order valence-electron chi connectivity index (χ3n) is 8.06. The van der Waals surface area contributed by atoms with Gasteiger partial charge < -0.3 is 30.5 Å². The number of aliphatic hydroxyl groups is 2. The minimum atomic E-state index is -3.66. The zero-order valence-corrected chi connectivity index (χ0v) is 29.7. The van der Waals surface area contributed by atoms with Crippen LogP contribution in [-0.4, -0.2) is 61.1 Å². The van der Waals surface area contributed by atoms with E-state index in [-0.39, 0.29) is 17.3 Å². The Bertz CT molecular complexity index is 1750. The lowest BCUT2D eigenvalue weighted by atomic mass is 10.0. The molecule has 0 aromatic heterocycles. The third-order valence-corrected chi connectivity index (χ3v) is 8.97. The summed E-state index contributed by atoms with van der Waals surface area (Å²) in [6.07, 6.45) is 9.01. The molecular weight excluding hydrogens is 669 g/mol. The summed E-state index contributed by atoms with van der Waals surface area (Å²) in [7, 11) is -3.66. The van der Waals surface area contributed by atoms with Gasteiger partial charge in [0, 0.05) is 31.4 Å². The summed E-state index contributed by atoms with van der Waals surface area (Å²) >= 11 is 0. The van der Waals surface area contributed by atoms with Crippen molar-refractivity contribution in [3.63, 3.8) is 0 Å². The summed E-state index contributed by atoms with van der Waals surface area (Å²) in [6.45, 7) is 2.36. The first kappa shape index (κ1) is 41.1. The topological polar surface area (TPSA) is 179 Å². The molecule has 0 amide bonds. The van der Waals surface area contributed by atoms with E-state index in [1.807, 2.05) is 60.7 Å². The van der Waals surface area contributed by atoms with Crippen LogP contribution < -0.4 is 10.5 Å². The fraction of sp³-hybridized carbons (Fsp3) is 0.325. The second-order valence-electron chi connectivity index (χ2n) is 12.1. The number of ether oxygens (including phenoxy) is 1. The molecule has 0 saturated heterocycles. The maximum Gasteiger partial charge on any atom is 0.328 e. The summed E-state index contributed by atoms with van der Waals surface area (Å²) in [5, 5.41) is 46.0. The molecule has 4 aromatic rings. The molecule has 4 rings (SSSR count). The van der Waals surface area contributed by atoms with Gasteiger partial charge in [-0.2, -0.15) is 0 Å². The Morgan fingerprint density at radius 1 is 0.824 bits per heavy atom. The maximum absolute atomic E-state index is 11.4. The standard InChI is InChI=1S/C25H38N2O6S.C15H12O2/c26-34(31,32)23-10-6-8-20(16-23)9-7-15-33-14-5-3-1-2-4-13-27-18-25(30)21-11-12-24(29)22(17-21)19-28;16-15(17)11-8-12-6-9-14(10-7-12)13-4-2-1-3-5-13/h6,8,10-12,16-17,25,27-30H,1-5,7,9,13-15,18-19H2,(H2,26,31,32);1-11H,(H,16,17)/t25-;/m0./s1. The van der Waals surface area contributed by atoms with Gasteiger partial charge in [0.25, 0.3) is 0 Å². The first-order valence-corrected chi connectivity index (χ1v) is 18.7. The monoisotopic (exact) mass is 718 g/mol. The minimum absolute atomic E-state index is 0.0324. The van der Waals surface area contributed by atoms with E-state index in [0.29, 0.717) is 24.3 Å². The molecule has 0 saturated carbocycles. The third kappa shape index (κ3) is 16.0. The van der Waals surface area contributed by atoms with Gasteiger partial charge in [-0.3, -0.25) is 0 Å². The summed E-state index contributed by atoms with van der Waals surface area (Å²) < 4.78 is 28.5. The normalized spacial score (nSPS) is 12.0. The summed E-state index contributed by atoms with van der Waals surface area (Å²) in [5.41, 5.74) is 5.18. The van der Waals surface area contributed by atoms with E-state index in [2.05, 4.69) is 5.32 Å². The van der Waals surface area contributed by atoms with Gasteiger partial charge in [0.2, 0.25) is 10.0 Å². The van der Waals surface area contributed by atoms with Crippen LogP contribution in [0.5, 0.6) is 5.75 Å². The number of primary sulfonamides is 1. The number of carbonyl (C=O) groups is 1. The molecule has 7 N–H and O–H groups in total. The molecule has 0 aliphatic rings. The van der Waals surface area contributed by atoms with Gasteiger partial charge in [-0.15, -0.1) is 0 Å². The summed E-state index contributed by atoms with van der Waals surface area (Å²) in [4.78, 5) is 10.5. The molecule has 0 aliphatic carbocycles. The molecule has 0 aliphatic heterocycles. The zero-order valence-electron chi connectivity index (χ0n) is 28.9. The average molecular weight is 719 g/mol. The van der Waals surface area contributed by atoms with Gasteiger partial charge in [-0.05, 0) is 90.4 Å². The fourth-order valence-corrected chi connectivity index (χ4v) is 5.81. The van der Waals surface area contributed by atoms with E-state index in [4.69, 9.17) is 15.0 Å². The second-order valence-corrected chi connectivity index (χ2v) is 13.7. The lowest BCUT2D eigenvalue weighted by Gasteiger charge is -2.14. The molecule has 51 heavy (non-hydrogen) atoms. The van der Waals surface area contributed by atoms with Crippen molar-refractivity contribution >= 4 is 22.1 Å². The van der Waals surface area contributed by atoms with Crippen molar-refractivity contribution in [3.8, 4) is 16.9 Å². The van der Waals surface area contributed by atoms with Crippen molar-refractivity contribution < 1.29 is 38.4 Å². The molecule has 0 unspecified atom stereocenters. The van der Waals surface area contributed by atoms with Gasteiger partial charge in [-0.1, -0.05) is 92.1 Å². The second kappa shape index (κ2) is 22.5. The highest BCUT2D eigenvalue weighted by atomic mass is 32.2. The summed E-state index contributed by atoms with van der Waals surface area (Å²) in [5.74, 6) is -0.901. The first-order valence-electron chi connectivity index (χ1n) is 17.1. The van der Waals surface area contributed by atoms with Crippen LogP contribution in [0.2, 0.25) is 0 Å². The number of aliphatic carboxylic acids is 1. The Hall–Kier alpha value is -4.36. The molecule has 11 heteroatoms. The number of hydrogen-bond donors (Lipinski definition) is 6. The highest BCUT2D eigenvalue weighted by Crippen LogP contribution is 2.22.